The Morgan fingerprint density at radius 1 is 1.27 bits per heavy atom. The molecule has 2 aromatic rings. The van der Waals surface area contributed by atoms with E-state index in [9.17, 15) is 23.1 Å². The number of pyridine rings is 1. The van der Waals surface area contributed by atoms with Gasteiger partial charge in [0.2, 0.25) is 0 Å². The second kappa shape index (κ2) is 9.45. The molecule has 1 aliphatic carbocycles. The molecule has 1 heterocycles. The van der Waals surface area contributed by atoms with Crippen LogP contribution in [0.5, 0.6) is 0 Å². The van der Waals surface area contributed by atoms with Crippen molar-refractivity contribution in [2.45, 2.75) is 50.3 Å². The van der Waals surface area contributed by atoms with Gasteiger partial charge in [-0.3, -0.25) is 4.79 Å². The van der Waals surface area contributed by atoms with E-state index in [1.165, 1.54) is 18.2 Å². The van der Waals surface area contributed by atoms with Crippen molar-refractivity contribution in [2.24, 2.45) is 0 Å². The van der Waals surface area contributed by atoms with Crippen molar-refractivity contribution < 1.29 is 23.0 Å². The Labute approximate surface area is 172 Å². The van der Waals surface area contributed by atoms with Gasteiger partial charge in [0.05, 0.1) is 30.4 Å². The lowest BCUT2D eigenvalue weighted by molar-refractivity contribution is -0.137. The summed E-state index contributed by atoms with van der Waals surface area (Å²) in [5, 5.41) is 9.88. The van der Waals surface area contributed by atoms with Crippen molar-refractivity contribution in [3.05, 3.63) is 94.4 Å². The third kappa shape index (κ3) is 5.49. The average molecular weight is 419 g/mol. The third-order valence-electron chi connectivity index (χ3n) is 5.21. The number of nitrogens with zero attached hydrogens (tertiary/aromatic N) is 1. The van der Waals surface area contributed by atoms with Crippen molar-refractivity contribution in [3.8, 4) is 0 Å². The molecule has 0 radical (unpaired) electrons. The van der Waals surface area contributed by atoms with Crippen molar-refractivity contribution in [3.63, 3.8) is 0 Å². The van der Waals surface area contributed by atoms with Gasteiger partial charge in [-0.05, 0) is 43.0 Å². The molecule has 0 spiro atoms. The van der Waals surface area contributed by atoms with E-state index < -0.39 is 17.8 Å². The van der Waals surface area contributed by atoms with Crippen molar-refractivity contribution in [1.29, 1.82) is 0 Å². The van der Waals surface area contributed by atoms with Gasteiger partial charge in [0.15, 0.2) is 0 Å². The predicted octanol–water partition coefficient (Wildman–Crippen LogP) is 4.65. The molecule has 0 bridgehead atoms. The summed E-state index contributed by atoms with van der Waals surface area (Å²) in [6, 6.07) is 9.59. The van der Waals surface area contributed by atoms with Gasteiger partial charge < -0.3 is 14.4 Å². The fourth-order valence-electron chi connectivity index (χ4n) is 3.65. The topological polar surface area (TPSA) is 51.5 Å². The summed E-state index contributed by atoms with van der Waals surface area (Å²) >= 11 is 0. The SMILES string of the molecule is C=CC(O)CC1=CC[C@@H](OCc2cccc(C(F)(F)F)c2)C(n2ccccc2=O)C1. The van der Waals surface area contributed by atoms with Gasteiger partial charge in [0.1, 0.15) is 0 Å². The third-order valence-corrected chi connectivity index (χ3v) is 5.21. The first-order valence-electron chi connectivity index (χ1n) is 9.71. The van der Waals surface area contributed by atoms with E-state index in [1.54, 1.807) is 29.0 Å². The van der Waals surface area contributed by atoms with Gasteiger partial charge in [-0.15, -0.1) is 6.58 Å². The number of alkyl halides is 3. The Morgan fingerprint density at radius 2 is 2.07 bits per heavy atom. The van der Waals surface area contributed by atoms with Crippen molar-refractivity contribution >= 4 is 0 Å². The predicted molar refractivity (Wildman–Crippen MR) is 108 cm³/mol. The molecule has 1 N–H and O–H groups in total. The summed E-state index contributed by atoms with van der Waals surface area (Å²) in [4.78, 5) is 12.4. The number of ether oxygens (including phenoxy) is 1. The number of aliphatic hydroxyl groups is 1. The first kappa shape index (κ1) is 22.1. The molecule has 0 aliphatic heterocycles. The molecule has 0 saturated carbocycles. The number of rotatable bonds is 7. The Kier molecular flexibility index (Phi) is 6.95. The molecule has 7 heteroatoms. The monoisotopic (exact) mass is 419 g/mol. The van der Waals surface area contributed by atoms with Crippen LogP contribution in [0, 0.1) is 0 Å². The number of hydrogen-bond donors (Lipinski definition) is 1. The molecule has 3 rings (SSSR count). The van der Waals surface area contributed by atoms with Crippen molar-refractivity contribution in [2.75, 3.05) is 0 Å². The molecule has 30 heavy (non-hydrogen) atoms. The highest BCUT2D eigenvalue weighted by Gasteiger charge is 2.31. The van der Waals surface area contributed by atoms with Crippen LogP contribution in [0.15, 0.2) is 77.8 Å². The van der Waals surface area contributed by atoms with Gasteiger partial charge in [-0.25, -0.2) is 0 Å². The smallest absolute Gasteiger partial charge is 0.389 e. The molecule has 1 aromatic heterocycles. The second-order valence-electron chi connectivity index (χ2n) is 7.37. The number of benzene rings is 1. The van der Waals surface area contributed by atoms with Crippen LogP contribution in [0.3, 0.4) is 0 Å². The first-order chi connectivity index (χ1) is 14.3. The normalized spacial score (nSPS) is 20.5. The van der Waals surface area contributed by atoms with E-state index >= 15 is 0 Å². The molecule has 0 fully saturated rings. The highest BCUT2D eigenvalue weighted by Crippen LogP contribution is 2.34. The quantitative estimate of drug-likeness (QED) is 0.665. The number of hydrogen-bond acceptors (Lipinski definition) is 3. The molecule has 2 unspecified atom stereocenters. The maximum Gasteiger partial charge on any atom is 0.416 e. The van der Waals surface area contributed by atoms with Crippen LogP contribution in [0.2, 0.25) is 0 Å². The highest BCUT2D eigenvalue weighted by molar-refractivity contribution is 5.25. The zero-order valence-corrected chi connectivity index (χ0v) is 16.4. The molecule has 160 valence electrons. The van der Waals surface area contributed by atoms with Gasteiger partial charge in [-0.2, -0.15) is 13.2 Å². The molecule has 1 aromatic carbocycles. The summed E-state index contributed by atoms with van der Waals surface area (Å²) in [5.41, 5.74) is 0.507. The van der Waals surface area contributed by atoms with E-state index in [4.69, 9.17) is 4.74 Å². The summed E-state index contributed by atoms with van der Waals surface area (Å²) in [6.07, 6.45) is 1.05. The standard InChI is InChI=1S/C23H24F3NO3/c1-2-19(28)13-16-9-10-21(20(14-16)27-11-4-3-8-22(27)29)30-15-17-6-5-7-18(12-17)23(24,25)26/h2-9,11-12,19-21,28H,1,10,13-15H2/t19?,20?,21-/m1/s1. The molecule has 4 nitrogen and oxygen atoms in total. The number of aromatic nitrogens is 1. The Bertz CT molecular complexity index is 964. The zero-order chi connectivity index (χ0) is 21.7. The Hall–Kier alpha value is -2.64. The van der Waals surface area contributed by atoms with Crippen LogP contribution in [-0.4, -0.2) is 21.9 Å². The van der Waals surface area contributed by atoms with Crippen LogP contribution < -0.4 is 5.56 Å². The van der Waals surface area contributed by atoms with Crippen molar-refractivity contribution in [1.82, 2.24) is 4.57 Å². The minimum atomic E-state index is -4.41. The molecular formula is C23H24F3NO3. The number of aliphatic hydroxyl groups excluding tert-OH is 1. The maximum absolute atomic E-state index is 13.0. The lowest BCUT2D eigenvalue weighted by atomic mass is 9.88. The molecule has 3 atom stereocenters. The summed E-state index contributed by atoms with van der Waals surface area (Å²) < 4.78 is 46.4. The van der Waals surface area contributed by atoms with Gasteiger partial charge in [0.25, 0.3) is 5.56 Å². The minimum Gasteiger partial charge on any atom is -0.389 e. The van der Waals surface area contributed by atoms with E-state index in [0.717, 1.165) is 17.7 Å². The maximum atomic E-state index is 13.0. The average Bonchev–Trinajstić information content (AvgIpc) is 2.72. The zero-order valence-electron chi connectivity index (χ0n) is 16.4. The molecule has 0 amide bonds. The highest BCUT2D eigenvalue weighted by atomic mass is 19.4. The van der Waals surface area contributed by atoms with E-state index in [1.807, 2.05) is 6.08 Å². The van der Waals surface area contributed by atoms with Crippen LogP contribution in [0.25, 0.3) is 0 Å². The van der Waals surface area contributed by atoms with Crippen LogP contribution in [0.1, 0.15) is 36.4 Å². The largest absolute Gasteiger partial charge is 0.416 e. The Morgan fingerprint density at radius 3 is 2.77 bits per heavy atom. The lowest BCUT2D eigenvalue weighted by Gasteiger charge is -2.33. The fourth-order valence-corrected chi connectivity index (χ4v) is 3.65. The first-order valence-corrected chi connectivity index (χ1v) is 9.71. The minimum absolute atomic E-state index is 0.00509. The van der Waals surface area contributed by atoms with E-state index in [0.29, 0.717) is 24.8 Å². The molecule has 1 aliphatic rings. The van der Waals surface area contributed by atoms with Crippen LogP contribution >= 0.6 is 0 Å². The summed E-state index contributed by atoms with van der Waals surface area (Å²) in [7, 11) is 0. The number of halogens is 3. The van der Waals surface area contributed by atoms with Gasteiger partial charge >= 0.3 is 6.18 Å². The van der Waals surface area contributed by atoms with Crippen LogP contribution in [-0.2, 0) is 17.5 Å². The van der Waals surface area contributed by atoms with Crippen LogP contribution in [0.4, 0.5) is 13.2 Å². The summed E-state index contributed by atoms with van der Waals surface area (Å²) in [5.74, 6) is 0. The second-order valence-corrected chi connectivity index (χ2v) is 7.37. The summed E-state index contributed by atoms with van der Waals surface area (Å²) in [6.45, 7) is 3.59. The molecular weight excluding hydrogens is 395 g/mol. The van der Waals surface area contributed by atoms with E-state index in [2.05, 4.69) is 6.58 Å². The Balaban J connectivity index is 1.80. The lowest BCUT2D eigenvalue weighted by Crippen LogP contribution is -2.35. The van der Waals surface area contributed by atoms with Gasteiger partial charge in [-0.1, -0.05) is 35.9 Å². The molecule has 0 saturated heterocycles. The van der Waals surface area contributed by atoms with Gasteiger partial charge in [0, 0.05) is 12.3 Å². The van der Waals surface area contributed by atoms with E-state index in [-0.39, 0.29) is 24.3 Å². The fraction of sp³-hybridized carbons (Fsp3) is 0.348.